The van der Waals surface area contributed by atoms with Gasteiger partial charge in [-0.15, -0.1) is 0 Å². The summed E-state index contributed by atoms with van der Waals surface area (Å²) in [5.74, 6) is 0. The van der Waals surface area contributed by atoms with E-state index in [1.54, 1.807) is 0 Å². The van der Waals surface area contributed by atoms with Crippen molar-refractivity contribution in [2.75, 3.05) is 6.54 Å². The Hall–Kier alpha value is -0.350. The molecule has 0 bridgehead atoms. The Morgan fingerprint density at radius 1 is 1.67 bits per heavy atom. The SMILES string of the molecule is CCCC(CNC1CC1)n1cc(Br)cn1. The summed E-state index contributed by atoms with van der Waals surface area (Å²) in [5, 5.41) is 7.94. The highest BCUT2D eigenvalue weighted by molar-refractivity contribution is 9.10. The van der Waals surface area contributed by atoms with Crippen LogP contribution in [0, 0.1) is 0 Å². The first-order valence-electron chi connectivity index (χ1n) is 5.72. The van der Waals surface area contributed by atoms with E-state index >= 15 is 0 Å². The molecule has 2 rings (SSSR count). The Labute approximate surface area is 99.4 Å². The summed E-state index contributed by atoms with van der Waals surface area (Å²) in [6, 6.07) is 1.28. The number of hydrogen-bond acceptors (Lipinski definition) is 2. The van der Waals surface area contributed by atoms with Crippen LogP contribution in [0.25, 0.3) is 0 Å². The van der Waals surface area contributed by atoms with Gasteiger partial charge in [-0.2, -0.15) is 5.10 Å². The molecule has 0 spiro atoms. The minimum atomic E-state index is 0.502. The Morgan fingerprint density at radius 3 is 3.00 bits per heavy atom. The zero-order valence-corrected chi connectivity index (χ0v) is 10.7. The molecule has 4 heteroatoms. The van der Waals surface area contributed by atoms with Crippen molar-refractivity contribution in [3.05, 3.63) is 16.9 Å². The lowest BCUT2D eigenvalue weighted by atomic mass is 10.1. The Morgan fingerprint density at radius 2 is 2.47 bits per heavy atom. The average Bonchev–Trinajstić information content (AvgIpc) is 2.95. The first-order valence-corrected chi connectivity index (χ1v) is 6.52. The van der Waals surface area contributed by atoms with Gasteiger partial charge in [-0.25, -0.2) is 0 Å². The fourth-order valence-corrected chi connectivity index (χ4v) is 2.07. The van der Waals surface area contributed by atoms with E-state index in [2.05, 4.69) is 44.1 Å². The van der Waals surface area contributed by atoms with Crippen LogP contribution < -0.4 is 5.32 Å². The second-order valence-electron chi connectivity index (χ2n) is 4.26. The molecule has 1 heterocycles. The van der Waals surface area contributed by atoms with Crippen molar-refractivity contribution in [3.8, 4) is 0 Å². The van der Waals surface area contributed by atoms with Crippen molar-refractivity contribution in [3.63, 3.8) is 0 Å². The molecule has 1 aliphatic rings. The smallest absolute Gasteiger partial charge is 0.0644 e. The molecule has 0 aromatic carbocycles. The average molecular weight is 272 g/mol. The zero-order chi connectivity index (χ0) is 10.7. The lowest BCUT2D eigenvalue weighted by Gasteiger charge is -2.17. The third-order valence-corrected chi connectivity index (χ3v) is 3.20. The largest absolute Gasteiger partial charge is 0.312 e. The maximum atomic E-state index is 4.36. The molecule has 0 saturated heterocycles. The Balaban J connectivity index is 1.91. The molecular weight excluding hydrogens is 254 g/mol. The summed E-state index contributed by atoms with van der Waals surface area (Å²) in [6.45, 7) is 3.27. The molecule has 1 N–H and O–H groups in total. The van der Waals surface area contributed by atoms with Crippen LogP contribution in [-0.2, 0) is 0 Å². The van der Waals surface area contributed by atoms with Crippen LogP contribution >= 0.6 is 15.9 Å². The summed E-state index contributed by atoms with van der Waals surface area (Å²) >= 11 is 3.44. The Kier molecular flexibility index (Phi) is 3.81. The van der Waals surface area contributed by atoms with Crippen molar-refractivity contribution < 1.29 is 0 Å². The quantitative estimate of drug-likeness (QED) is 0.863. The monoisotopic (exact) mass is 271 g/mol. The van der Waals surface area contributed by atoms with E-state index in [4.69, 9.17) is 0 Å². The molecule has 84 valence electrons. The van der Waals surface area contributed by atoms with Gasteiger partial charge in [0, 0.05) is 18.8 Å². The van der Waals surface area contributed by atoms with Gasteiger partial charge in [0.25, 0.3) is 0 Å². The van der Waals surface area contributed by atoms with Gasteiger partial charge in [0.1, 0.15) is 0 Å². The normalized spacial score (nSPS) is 18.0. The first kappa shape index (κ1) is 11.1. The molecule has 1 aromatic rings. The summed E-state index contributed by atoms with van der Waals surface area (Å²) in [7, 11) is 0. The molecule has 15 heavy (non-hydrogen) atoms. The summed E-state index contributed by atoms with van der Waals surface area (Å²) in [6.07, 6.45) is 9.01. The highest BCUT2D eigenvalue weighted by atomic mass is 79.9. The standard InChI is InChI=1S/C11H18BrN3/c1-2-3-11(7-13-10-4-5-10)15-8-9(12)6-14-15/h6,8,10-11,13H,2-5,7H2,1H3. The number of nitrogens with one attached hydrogen (secondary N) is 1. The van der Waals surface area contributed by atoms with E-state index in [-0.39, 0.29) is 0 Å². The van der Waals surface area contributed by atoms with E-state index in [9.17, 15) is 0 Å². The fraction of sp³-hybridized carbons (Fsp3) is 0.727. The summed E-state index contributed by atoms with van der Waals surface area (Å²) in [4.78, 5) is 0. The highest BCUT2D eigenvalue weighted by Crippen LogP contribution is 2.21. The van der Waals surface area contributed by atoms with E-state index in [0.717, 1.165) is 17.1 Å². The summed E-state index contributed by atoms with van der Waals surface area (Å²) < 4.78 is 3.14. The molecular formula is C11H18BrN3. The predicted molar refractivity (Wildman–Crippen MR) is 64.9 cm³/mol. The molecule has 0 aliphatic heterocycles. The van der Waals surface area contributed by atoms with Gasteiger partial charge >= 0.3 is 0 Å². The van der Waals surface area contributed by atoms with Crippen molar-refractivity contribution >= 4 is 15.9 Å². The number of halogens is 1. The fourth-order valence-electron chi connectivity index (χ4n) is 1.77. The lowest BCUT2D eigenvalue weighted by molar-refractivity contribution is 0.394. The molecule has 1 saturated carbocycles. The Bertz CT molecular complexity index is 307. The number of nitrogens with zero attached hydrogens (tertiary/aromatic N) is 2. The molecule has 1 aromatic heterocycles. The van der Waals surface area contributed by atoms with Crippen molar-refractivity contribution in [2.45, 2.75) is 44.7 Å². The maximum absolute atomic E-state index is 4.36. The maximum Gasteiger partial charge on any atom is 0.0644 e. The van der Waals surface area contributed by atoms with E-state index in [0.29, 0.717) is 6.04 Å². The van der Waals surface area contributed by atoms with Crippen molar-refractivity contribution in [1.29, 1.82) is 0 Å². The van der Waals surface area contributed by atoms with E-state index < -0.39 is 0 Å². The van der Waals surface area contributed by atoms with E-state index in [1.165, 1.54) is 25.7 Å². The van der Waals surface area contributed by atoms with Crippen LogP contribution in [0.1, 0.15) is 38.6 Å². The molecule has 1 aliphatic carbocycles. The molecule has 1 fully saturated rings. The minimum Gasteiger partial charge on any atom is -0.312 e. The second-order valence-corrected chi connectivity index (χ2v) is 5.18. The van der Waals surface area contributed by atoms with Crippen LogP contribution in [0.2, 0.25) is 0 Å². The van der Waals surface area contributed by atoms with Gasteiger partial charge in [-0.3, -0.25) is 4.68 Å². The lowest BCUT2D eigenvalue weighted by Crippen LogP contribution is -2.27. The number of aromatic nitrogens is 2. The number of hydrogen-bond donors (Lipinski definition) is 1. The molecule has 1 unspecified atom stereocenters. The van der Waals surface area contributed by atoms with Gasteiger partial charge in [-0.1, -0.05) is 13.3 Å². The predicted octanol–water partition coefficient (Wildman–Crippen LogP) is 2.74. The van der Waals surface area contributed by atoms with Gasteiger partial charge < -0.3 is 5.32 Å². The zero-order valence-electron chi connectivity index (χ0n) is 9.12. The van der Waals surface area contributed by atoms with Crippen LogP contribution in [0.15, 0.2) is 16.9 Å². The minimum absolute atomic E-state index is 0.502. The van der Waals surface area contributed by atoms with Gasteiger partial charge in [-0.05, 0) is 35.2 Å². The molecule has 1 atom stereocenters. The van der Waals surface area contributed by atoms with Gasteiger partial charge in [0.2, 0.25) is 0 Å². The van der Waals surface area contributed by atoms with Crippen LogP contribution in [0.3, 0.4) is 0 Å². The molecule has 0 radical (unpaired) electrons. The third-order valence-electron chi connectivity index (χ3n) is 2.79. The topological polar surface area (TPSA) is 29.9 Å². The third kappa shape index (κ3) is 3.31. The van der Waals surface area contributed by atoms with Crippen LogP contribution in [0.4, 0.5) is 0 Å². The van der Waals surface area contributed by atoms with E-state index in [1.807, 2.05) is 6.20 Å². The van der Waals surface area contributed by atoms with Crippen molar-refractivity contribution in [1.82, 2.24) is 15.1 Å². The molecule has 3 nitrogen and oxygen atoms in total. The first-order chi connectivity index (χ1) is 7.29. The second kappa shape index (κ2) is 5.12. The van der Waals surface area contributed by atoms with Crippen LogP contribution in [0.5, 0.6) is 0 Å². The van der Waals surface area contributed by atoms with Gasteiger partial charge in [0.05, 0.1) is 16.7 Å². The highest BCUT2D eigenvalue weighted by Gasteiger charge is 2.22. The van der Waals surface area contributed by atoms with Gasteiger partial charge in [0.15, 0.2) is 0 Å². The molecule has 0 amide bonds. The van der Waals surface area contributed by atoms with Crippen molar-refractivity contribution in [2.24, 2.45) is 0 Å². The van der Waals surface area contributed by atoms with Crippen LogP contribution in [-0.4, -0.2) is 22.4 Å². The number of rotatable bonds is 6. The summed E-state index contributed by atoms with van der Waals surface area (Å²) in [5.41, 5.74) is 0.